The highest BCUT2D eigenvalue weighted by Gasteiger charge is 2.29. The van der Waals surface area contributed by atoms with Gasteiger partial charge in [-0.25, -0.2) is 0 Å². The quantitative estimate of drug-likeness (QED) is 0.515. The second-order valence-electron chi connectivity index (χ2n) is 7.75. The highest BCUT2D eigenvalue weighted by molar-refractivity contribution is 5.55. The van der Waals surface area contributed by atoms with E-state index in [0.717, 1.165) is 32.1 Å². The molecule has 0 saturated carbocycles. The average Bonchev–Trinajstić information content (AvgIpc) is 2.67. The Bertz CT molecular complexity index is 811. The fourth-order valence-corrected chi connectivity index (χ4v) is 4.81. The minimum Gasteiger partial charge on any atom is -0.435 e. The summed E-state index contributed by atoms with van der Waals surface area (Å²) in [6.07, 6.45) is 16.1. The molecule has 0 aromatic heterocycles. The van der Waals surface area contributed by atoms with Gasteiger partial charge in [0.2, 0.25) is 0 Å². The van der Waals surface area contributed by atoms with E-state index < -0.39 is 6.61 Å². The lowest BCUT2D eigenvalue weighted by atomic mass is 9.70. The predicted molar refractivity (Wildman–Crippen MR) is 105 cm³/mol. The van der Waals surface area contributed by atoms with Crippen LogP contribution in [0.25, 0.3) is 0 Å². The topological polar surface area (TPSA) is 9.23 Å². The van der Waals surface area contributed by atoms with Crippen molar-refractivity contribution >= 4 is 0 Å². The van der Waals surface area contributed by atoms with E-state index in [1.165, 1.54) is 23.1 Å². The van der Waals surface area contributed by atoms with Gasteiger partial charge in [0.05, 0.1) is 0 Å². The monoisotopic (exact) mass is 368 g/mol. The van der Waals surface area contributed by atoms with Crippen LogP contribution < -0.4 is 4.74 Å². The van der Waals surface area contributed by atoms with Crippen LogP contribution in [0, 0.1) is 5.92 Å². The number of halogens is 2. The van der Waals surface area contributed by atoms with Gasteiger partial charge in [-0.3, -0.25) is 0 Å². The molecule has 0 unspecified atom stereocenters. The maximum absolute atomic E-state index is 12.3. The van der Waals surface area contributed by atoms with E-state index in [1.807, 2.05) is 12.1 Å². The van der Waals surface area contributed by atoms with Crippen molar-refractivity contribution in [3.05, 3.63) is 76.4 Å². The third-order valence-electron chi connectivity index (χ3n) is 6.08. The number of benzene rings is 1. The van der Waals surface area contributed by atoms with Crippen LogP contribution in [0.2, 0.25) is 0 Å². The van der Waals surface area contributed by atoms with Crippen LogP contribution in [0.5, 0.6) is 5.75 Å². The van der Waals surface area contributed by atoms with Crippen molar-refractivity contribution in [3.8, 4) is 5.75 Å². The average molecular weight is 368 g/mol. The van der Waals surface area contributed by atoms with Crippen LogP contribution >= 0.6 is 0 Å². The van der Waals surface area contributed by atoms with Gasteiger partial charge in [-0.1, -0.05) is 42.0 Å². The molecule has 3 heteroatoms. The molecule has 0 amide bonds. The Hall–Kier alpha value is -2.16. The molecule has 142 valence electrons. The van der Waals surface area contributed by atoms with Crippen molar-refractivity contribution in [1.29, 1.82) is 0 Å². The summed E-state index contributed by atoms with van der Waals surface area (Å²) in [5, 5.41) is 0. The minimum absolute atomic E-state index is 0.234. The second-order valence-corrected chi connectivity index (χ2v) is 7.75. The summed E-state index contributed by atoms with van der Waals surface area (Å²) in [5.41, 5.74) is 7.42. The number of allylic oxidation sites excluding steroid dienone is 8. The van der Waals surface area contributed by atoms with Crippen molar-refractivity contribution in [3.63, 3.8) is 0 Å². The first-order valence-corrected chi connectivity index (χ1v) is 9.92. The molecule has 0 spiro atoms. The molecule has 4 rings (SSSR count). The zero-order valence-electron chi connectivity index (χ0n) is 15.8. The van der Waals surface area contributed by atoms with Crippen LogP contribution in [-0.2, 0) is 0 Å². The number of alkyl halides is 2. The van der Waals surface area contributed by atoms with Gasteiger partial charge in [0.25, 0.3) is 0 Å². The summed E-state index contributed by atoms with van der Waals surface area (Å²) >= 11 is 0. The van der Waals surface area contributed by atoms with Crippen LogP contribution in [0.3, 0.4) is 0 Å². The Kier molecular flexibility index (Phi) is 5.29. The van der Waals surface area contributed by atoms with Gasteiger partial charge >= 0.3 is 6.61 Å². The molecule has 1 aromatic carbocycles. The fraction of sp³-hybridized carbons (Fsp3) is 0.417. The molecule has 3 aliphatic carbocycles. The van der Waals surface area contributed by atoms with Gasteiger partial charge in [0.1, 0.15) is 5.75 Å². The summed E-state index contributed by atoms with van der Waals surface area (Å²) in [5.74, 6) is 1.36. The van der Waals surface area contributed by atoms with E-state index in [9.17, 15) is 8.78 Å². The highest BCUT2D eigenvalue weighted by atomic mass is 19.3. The molecule has 0 aliphatic heterocycles. The van der Waals surface area contributed by atoms with E-state index in [1.54, 1.807) is 23.3 Å². The first-order chi connectivity index (χ1) is 13.1. The molecule has 0 N–H and O–H groups in total. The van der Waals surface area contributed by atoms with Crippen molar-refractivity contribution in [2.45, 2.75) is 58.0 Å². The largest absolute Gasteiger partial charge is 0.435 e. The number of ether oxygens (including phenoxy) is 1. The SMILES string of the molecule is C/C=C/[C@H]1CC=C2C(=CCC3=C2CC[C@H](c2ccc(OC(F)F)cc2)C3)C1. The van der Waals surface area contributed by atoms with E-state index in [0.29, 0.717) is 11.8 Å². The van der Waals surface area contributed by atoms with Gasteiger partial charge in [0.15, 0.2) is 0 Å². The molecule has 0 saturated heterocycles. The molecular weight excluding hydrogens is 342 g/mol. The summed E-state index contributed by atoms with van der Waals surface area (Å²) in [6, 6.07) is 7.21. The van der Waals surface area contributed by atoms with Crippen LogP contribution in [0.4, 0.5) is 8.78 Å². The molecule has 3 aliphatic rings. The molecule has 1 aromatic rings. The van der Waals surface area contributed by atoms with E-state index >= 15 is 0 Å². The molecular formula is C24H26F2O. The van der Waals surface area contributed by atoms with E-state index in [4.69, 9.17) is 0 Å². The van der Waals surface area contributed by atoms with Gasteiger partial charge in [-0.05, 0) is 91.7 Å². The molecule has 27 heavy (non-hydrogen) atoms. The molecule has 0 fully saturated rings. The van der Waals surface area contributed by atoms with Crippen molar-refractivity contribution in [2.75, 3.05) is 0 Å². The normalized spacial score (nSPS) is 25.2. The third kappa shape index (κ3) is 3.92. The summed E-state index contributed by atoms with van der Waals surface area (Å²) in [6.45, 7) is -0.666. The first kappa shape index (κ1) is 18.2. The molecule has 1 nitrogen and oxygen atoms in total. The van der Waals surface area contributed by atoms with Crippen LogP contribution in [-0.4, -0.2) is 6.61 Å². The minimum atomic E-state index is -2.77. The van der Waals surface area contributed by atoms with Crippen molar-refractivity contribution < 1.29 is 13.5 Å². The third-order valence-corrected chi connectivity index (χ3v) is 6.08. The predicted octanol–water partition coefficient (Wildman–Crippen LogP) is 7.09. The van der Waals surface area contributed by atoms with Crippen molar-refractivity contribution in [1.82, 2.24) is 0 Å². The number of hydrogen-bond acceptors (Lipinski definition) is 1. The number of fused-ring (bicyclic) bond motifs is 2. The lowest BCUT2D eigenvalue weighted by Gasteiger charge is -2.35. The zero-order chi connectivity index (χ0) is 18.8. The molecule has 0 radical (unpaired) electrons. The standard InChI is InChI=1S/C24H26F2O/c1-2-3-16-4-12-22-19(14-16)5-6-20-15-18(9-13-23(20)22)17-7-10-21(11-8-17)27-24(25)26/h2-3,5,7-8,10-12,16,18,24H,4,6,9,13-15H2,1H3/b3-2+/t16-,18-/m0/s1. The van der Waals surface area contributed by atoms with Crippen LogP contribution in [0.15, 0.2) is 70.9 Å². The lowest BCUT2D eigenvalue weighted by Crippen LogP contribution is -2.17. The summed E-state index contributed by atoms with van der Waals surface area (Å²) in [4.78, 5) is 0. The second kappa shape index (κ2) is 7.84. The Morgan fingerprint density at radius 2 is 1.93 bits per heavy atom. The smallest absolute Gasteiger partial charge is 0.387 e. The van der Waals surface area contributed by atoms with E-state index in [-0.39, 0.29) is 5.75 Å². The van der Waals surface area contributed by atoms with Gasteiger partial charge in [-0.15, -0.1) is 0 Å². The van der Waals surface area contributed by atoms with Crippen LogP contribution in [0.1, 0.15) is 56.9 Å². The number of rotatable bonds is 4. The Balaban J connectivity index is 1.48. The maximum atomic E-state index is 12.3. The Morgan fingerprint density at radius 3 is 2.67 bits per heavy atom. The maximum Gasteiger partial charge on any atom is 0.387 e. The van der Waals surface area contributed by atoms with Gasteiger partial charge < -0.3 is 4.74 Å². The van der Waals surface area contributed by atoms with E-state index in [2.05, 4.69) is 36.0 Å². The Labute approximate surface area is 160 Å². The molecule has 0 bridgehead atoms. The fourth-order valence-electron chi connectivity index (χ4n) is 4.81. The lowest BCUT2D eigenvalue weighted by molar-refractivity contribution is -0.0498. The van der Waals surface area contributed by atoms with Crippen molar-refractivity contribution in [2.24, 2.45) is 5.92 Å². The van der Waals surface area contributed by atoms with Gasteiger partial charge in [-0.2, -0.15) is 8.78 Å². The Morgan fingerprint density at radius 1 is 1.11 bits per heavy atom. The first-order valence-electron chi connectivity index (χ1n) is 9.92. The van der Waals surface area contributed by atoms with Gasteiger partial charge in [0, 0.05) is 0 Å². The number of hydrogen-bond donors (Lipinski definition) is 0. The highest BCUT2D eigenvalue weighted by Crippen LogP contribution is 2.47. The summed E-state index contributed by atoms with van der Waals surface area (Å²) in [7, 11) is 0. The molecule has 0 heterocycles. The summed E-state index contributed by atoms with van der Waals surface area (Å²) < 4.78 is 29.1. The zero-order valence-corrected chi connectivity index (χ0v) is 15.8. The molecule has 2 atom stereocenters.